The first-order valence-corrected chi connectivity index (χ1v) is 7.39. The Kier molecular flexibility index (Phi) is 4.96. The highest BCUT2D eigenvalue weighted by molar-refractivity contribution is 7.80. The third kappa shape index (κ3) is 3.80. The van der Waals surface area contributed by atoms with Crippen LogP contribution >= 0.6 is 12.2 Å². The fourth-order valence-corrected chi connectivity index (χ4v) is 2.67. The lowest BCUT2D eigenvalue weighted by atomic mass is 10.0. The van der Waals surface area contributed by atoms with Crippen molar-refractivity contribution in [3.05, 3.63) is 18.3 Å². The number of rotatable bonds is 3. The molecule has 1 saturated heterocycles. The minimum Gasteiger partial charge on any atom is -0.363 e. The van der Waals surface area contributed by atoms with Crippen molar-refractivity contribution in [2.45, 2.75) is 39.2 Å². The molecule has 1 fully saturated rings. The van der Waals surface area contributed by atoms with Crippen molar-refractivity contribution < 1.29 is 0 Å². The topological polar surface area (TPSA) is 40.2 Å². The molecule has 0 unspecified atom stereocenters. The summed E-state index contributed by atoms with van der Waals surface area (Å²) in [6, 6.07) is 4.69. The van der Waals surface area contributed by atoms with Gasteiger partial charge < -0.3 is 15.5 Å². The number of anilines is 2. The third-order valence-electron chi connectivity index (χ3n) is 3.44. The van der Waals surface area contributed by atoms with Gasteiger partial charge in [-0.3, -0.25) is 0 Å². The fourth-order valence-electron chi connectivity index (χ4n) is 2.40. The van der Waals surface area contributed by atoms with Gasteiger partial charge in [0.15, 0.2) is 5.11 Å². The molecule has 0 aromatic carbocycles. The summed E-state index contributed by atoms with van der Waals surface area (Å²) >= 11 is 5.15. The molecule has 0 aliphatic carbocycles. The van der Waals surface area contributed by atoms with Crippen LogP contribution in [-0.2, 0) is 0 Å². The second-order valence-corrected chi connectivity index (χ2v) is 5.34. The van der Waals surface area contributed by atoms with Crippen LogP contribution in [0.4, 0.5) is 11.5 Å². The summed E-state index contributed by atoms with van der Waals surface area (Å²) in [6.45, 7) is 6.22. The first kappa shape index (κ1) is 14.1. The van der Waals surface area contributed by atoms with E-state index in [1.807, 2.05) is 19.2 Å². The fraction of sp³-hybridized carbons (Fsp3) is 0.571. The molecule has 4 nitrogen and oxygen atoms in total. The predicted octanol–water partition coefficient (Wildman–Crippen LogP) is 2.77. The van der Waals surface area contributed by atoms with Gasteiger partial charge in [0.05, 0.1) is 11.9 Å². The molecule has 1 aromatic heterocycles. The molecule has 0 spiro atoms. The van der Waals surface area contributed by atoms with Crippen molar-refractivity contribution >= 4 is 28.8 Å². The number of pyridine rings is 1. The SMILES string of the molecule is CCNC(=S)Nc1ccc(N2CCCC[C@H]2C)nc1. The number of aromatic nitrogens is 1. The summed E-state index contributed by atoms with van der Waals surface area (Å²) in [7, 11) is 0. The number of hydrogen-bond acceptors (Lipinski definition) is 3. The quantitative estimate of drug-likeness (QED) is 0.832. The lowest BCUT2D eigenvalue weighted by Crippen LogP contribution is -2.37. The van der Waals surface area contributed by atoms with Crippen LogP contribution in [0, 0.1) is 0 Å². The van der Waals surface area contributed by atoms with Crippen LogP contribution in [0.1, 0.15) is 33.1 Å². The molecule has 1 atom stereocenters. The number of piperidine rings is 1. The molecular weight excluding hydrogens is 256 g/mol. The minimum absolute atomic E-state index is 0.586. The van der Waals surface area contributed by atoms with E-state index in [0.29, 0.717) is 11.2 Å². The van der Waals surface area contributed by atoms with E-state index >= 15 is 0 Å². The van der Waals surface area contributed by atoms with Gasteiger partial charge in [-0.1, -0.05) is 0 Å². The van der Waals surface area contributed by atoms with Crippen LogP contribution in [0.15, 0.2) is 18.3 Å². The standard InChI is InChI=1S/C14H22N4S/c1-3-15-14(19)17-12-7-8-13(16-10-12)18-9-5-4-6-11(18)2/h7-8,10-11H,3-6,9H2,1-2H3,(H2,15,17,19)/t11-/m1/s1. The molecule has 2 rings (SSSR count). The van der Waals surface area contributed by atoms with Crippen molar-refractivity contribution in [1.29, 1.82) is 0 Å². The first-order valence-electron chi connectivity index (χ1n) is 6.98. The van der Waals surface area contributed by atoms with Gasteiger partial charge in [-0.05, 0) is 57.5 Å². The Morgan fingerprint density at radius 3 is 2.95 bits per heavy atom. The Morgan fingerprint density at radius 2 is 2.32 bits per heavy atom. The van der Waals surface area contributed by atoms with Crippen LogP contribution in [0.25, 0.3) is 0 Å². The predicted molar refractivity (Wildman–Crippen MR) is 84.8 cm³/mol. The van der Waals surface area contributed by atoms with E-state index in [0.717, 1.165) is 24.6 Å². The maximum atomic E-state index is 5.15. The van der Waals surface area contributed by atoms with Crippen LogP contribution < -0.4 is 15.5 Å². The summed E-state index contributed by atoms with van der Waals surface area (Å²) in [5.74, 6) is 1.06. The minimum atomic E-state index is 0.586. The zero-order valence-electron chi connectivity index (χ0n) is 11.6. The summed E-state index contributed by atoms with van der Waals surface area (Å²) in [4.78, 5) is 6.93. The van der Waals surface area contributed by atoms with Gasteiger partial charge in [-0.15, -0.1) is 0 Å². The highest BCUT2D eigenvalue weighted by Crippen LogP contribution is 2.23. The number of nitrogens with zero attached hydrogens (tertiary/aromatic N) is 2. The molecule has 2 N–H and O–H groups in total. The molecule has 0 radical (unpaired) electrons. The number of thiocarbonyl (C=S) groups is 1. The average Bonchev–Trinajstić information content (AvgIpc) is 2.41. The summed E-state index contributed by atoms with van der Waals surface area (Å²) in [5, 5.41) is 6.83. The molecule has 1 aromatic rings. The van der Waals surface area contributed by atoms with Gasteiger partial charge in [0.25, 0.3) is 0 Å². The Bertz CT molecular complexity index is 418. The van der Waals surface area contributed by atoms with E-state index < -0.39 is 0 Å². The Balaban J connectivity index is 1.99. The summed E-state index contributed by atoms with van der Waals surface area (Å²) < 4.78 is 0. The van der Waals surface area contributed by atoms with Crippen molar-refractivity contribution in [3.8, 4) is 0 Å². The van der Waals surface area contributed by atoms with Gasteiger partial charge in [0.2, 0.25) is 0 Å². The zero-order chi connectivity index (χ0) is 13.7. The largest absolute Gasteiger partial charge is 0.363 e. The second kappa shape index (κ2) is 6.70. The molecule has 0 bridgehead atoms. The molecular formula is C14H22N4S. The van der Waals surface area contributed by atoms with Crippen molar-refractivity contribution in [1.82, 2.24) is 10.3 Å². The maximum absolute atomic E-state index is 5.15. The molecule has 1 aliphatic heterocycles. The monoisotopic (exact) mass is 278 g/mol. The van der Waals surface area contributed by atoms with Crippen LogP contribution in [0.2, 0.25) is 0 Å². The highest BCUT2D eigenvalue weighted by Gasteiger charge is 2.19. The van der Waals surface area contributed by atoms with Gasteiger partial charge >= 0.3 is 0 Å². The second-order valence-electron chi connectivity index (χ2n) is 4.93. The third-order valence-corrected chi connectivity index (χ3v) is 3.69. The van der Waals surface area contributed by atoms with Gasteiger partial charge in [0, 0.05) is 19.1 Å². The van der Waals surface area contributed by atoms with E-state index in [1.165, 1.54) is 19.3 Å². The van der Waals surface area contributed by atoms with E-state index in [4.69, 9.17) is 12.2 Å². The van der Waals surface area contributed by atoms with E-state index in [1.54, 1.807) is 0 Å². The average molecular weight is 278 g/mol. The Morgan fingerprint density at radius 1 is 1.47 bits per heavy atom. The molecule has 1 aliphatic rings. The van der Waals surface area contributed by atoms with Crippen LogP contribution in [0.3, 0.4) is 0 Å². The molecule has 2 heterocycles. The Labute approximate surface area is 120 Å². The first-order chi connectivity index (χ1) is 9.20. The van der Waals surface area contributed by atoms with Gasteiger partial charge in [-0.2, -0.15) is 0 Å². The molecule has 19 heavy (non-hydrogen) atoms. The van der Waals surface area contributed by atoms with Gasteiger partial charge in [-0.25, -0.2) is 4.98 Å². The lowest BCUT2D eigenvalue weighted by Gasteiger charge is -2.34. The van der Waals surface area contributed by atoms with E-state index in [2.05, 4.69) is 33.5 Å². The van der Waals surface area contributed by atoms with E-state index in [-0.39, 0.29) is 0 Å². The lowest BCUT2D eigenvalue weighted by molar-refractivity contribution is 0.481. The van der Waals surface area contributed by atoms with Crippen LogP contribution in [0.5, 0.6) is 0 Å². The summed E-state index contributed by atoms with van der Waals surface area (Å²) in [6.07, 6.45) is 5.69. The zero-order valence-corrected chi connectivity index (χ0v) is 12.5. The van der Waals surface area contributed by atoms with Crippen molar-refractivity contribution in [2.75, 3.05) is 23.3 Å². The molecule has 0 saturated carbocycles. The molecule has 104 valence electrons. The van der Waals surface area contributed by atoms with Crippen LogP contribution in [-0.4, -0.2) is 29.2 Å². The summed E-state index contributed by atoms with van der Waals surface area (Å²) in [5.41, 5.74) is 0.930. The number of nitrogens with one attached hydrogen (secondary N) is 2. The smallest absolute Gasteiger partial charge is 0.170 e. The number of hydrogen-bond donors (Lipinski definition) is 2. The van der Waals surface area contributed by atoms with E-state index in [9.17, 15) is 0 Å². The molecule has 5 heteroatoms. The Hall–Kier alpha value is -1.36. The normalized spacial score (nSPS) is 19.1. The maximum Gasteiger partial charge on any atom is 0.170 e. The van der Waals surface area contributed by atoms with Crippen molar-refractivity contribution in [2.24, 2.45) is 0 Å². The highest BCUT2D eigenvalue weighted by atomic mass is 32.1. The van der Waals surface area contributed by atoms with Gasteiger partial charge in [0.1, 0.15) is 5.82 Å². The van der Waals surface area contributed by atoms with Crippen molar-refractivity contribution in [3.63, 3.8) is 0 Å². The molecule has 0 amide bonds.